The van der Waals surface area contributed by atoms with Crippen molar-refractivity contribution in [3.05, 3.63) is 18.0 Å². The molecule has 1 saturated heterocycles. The van der Waals surface area contributed by atoms with Crippen molar-refractivity contribution in [3.63, 3.8) is 0 Å². The third kappa shape index (κ3) is 2.62. The van der Waals surface area contributed by atoms with E-state index >= 15 is 0 Å². The number of methoxy groups -OCH3 is 1. The average Bonchev–Trinajstić information content (AvgIpc) is 2.86. The number of rotatable bonds is 3. The number of hydrogen-bond acceptors (Lipinski definition) is 5. The maximum Gasteiger partial charge on any atom is 0.331 e. The molecule has 0 radical (unpaired) electrons. The van der Waals surface area contributed by atoms with E-state index in [0.29, 0.717) is 31.1 Å². The predicted molar refractivity (Wildman–Crippen MR) is 72.2 cm³/mol. The van der Waals surface area contributed by atoms with Crippen molar-refractivity contribution in [2.45, 2.75) is 19.5 Å². The molecule has 1 aromatic rings. The first-order valence-corrected chi connectivity index (χ1v) is 6.50. The quantitative estimate of drug-likeness (QED) is 0.794. The van der Waals surface area contributed by atoms with Crippen molar-refractivity contribution in [3.8, 4) is 0 Å². The normalized spacial score (nSPS) is 18.9. The molecule has 1 atom stereocenters. The van der Waals surface area contributed by atoms with Crippen LogP contribution in [0, 0.1) is 0 Å². The van der Waals surface area contributed by atoms with Crippen molar-refractivity contribution in [2.24, 2.45) is 0 Å². The van der Waals surface area contributed by atoms with Gasteiger partial charge >= 0.3 is 5.97 Å². The molecule has 2 heterocycles. The van der Waals surface area contributed by atoms with Crippen LogP contribution in [0.25, 0.3) is 0 Å². The fourth-order valence-electron chi connectivity index (χ4n) is 2.30. The summed E-state index contributed by atoms with van der Waals surface area (Å²) in [5.74, 6) is -0.706. The Morgan fingerprint density at radius 2 is 2.30 bits per heavy atom. The summed E-state index contributed by atoms with van der Waals surface area (Å²) in [5, 5.41) is 0. The van der Waals surface area contributed by atoms with Crippen molar-refractivity contribution >= 4 is 17.6 Å². The number of carbonyl (C=O) groups is 2. The number of esters is 1. The van der Waals surface area contributed by atoms with Gasteiger partial charge in [0.25, 0.3) is 5.91 Å². The fourth-order valence-corrected chi connectivity index (χ4v) is 2.30. The SMILES string of the molecule is CCn1cc(N)cc1C(=O)N1CCOCC1C(=O)OC. The second kappa shape index (κ2) is 5.96. The van der Waals surface area contributed by atoms with E-state index in [9.17, 15) is 9.59 Å². The molecule has 1 aromatic heterocycles. The van der Waals surface area contributed by atoms with Crippen molar-refractivity contribution in [1.29, 1.82) is 0 Å². The Morgan fingerprint density at radius 1 is 1.55 bits per heavy atom. The van der Waals surface area contributed by atoms with Gasteiger partial charge < -0.3 is 24.7 Å². The molecule has 1 aliphatic rings. The summed E-state index contributed by atoms with van der Waals surface area (Å²) in [5.41, 5.74) is 6.73. The van der Waals surface area contributed by atoms with Gasteiger partial charge in [-0.1, -0.05) is 0 Å². The zero-order chi connectivity index (χ0) is 14.7. The van der Waals surface area contributed by atoms with Gasteiger partial charge in [-0.15, -0.1) is 0 Å². The van der Waals surface area contributed by atoms with Crippen LogP contribution in [0.3, 0.4) is 0 Å². The number of carbonyl (C=O) groups excluding carboxylic acids is 2. The lowest BCUT2D eigenvalue weighted by atomic mass is 10.2. The molecule has 7 nitrogen and oxygen atoms in total. The summed E-state index contributed by atoms with van der Waals surface area (Å²) in [6.45, 7) is 3.47. The van der Waals surface area contributed by atoms with Gasteiger partial charge in [0.1, 0.15) is 5.69 Å². The van der Waals surface area contributed by atoms with Gasteiger partial charge in [0, 0.05) is 19.3 Å². The van der Waals surface area contributed by atoms with Crippen LogP contribution in [0.15, 0.2) is 12.3 Å². The van der Waals surface area contributed by atoms with Crippen LogP contribution in [0.5, 0.6) is 0 Å². The summed E-state index contributed by atoms with van der Waals surface area (Å²) < 4.78 is 11.7. The Kier molecular flexibility index (Phi) is 4.29. The maximum absolute atomic E-state index is 12.6. The van der Waals surface area contributed by atoms with Crippen LogP contribution in [-0.2, 0) is 20.8 Å². The highest BCUT2D eigenvalue weighted by atomic mass is 16.5. The van der Waals surface area contributed by atoms with Gasteiger partial charge in [0.05, 0.1) is 26.0 Å². The van der Waals surface area contributed by atoms with E-state index in [1.807, 2.05) is 6.92 Å². The molecule has 0 spiro atoms. The lowest BCUT2D eigenvalue weighted by molar-refractivity contribution is -0.151. The number of nitrogen functional groups attached to an aromatic ring is 1. The number of amides is 1. The molecule has 0 bridgehead atoms. The summed E-state index contributed by atoms with van der Waals surface area (Å²) in [6, 6.07) is 0.915. The zero-order valence-electron chi connectivity index (χ0n) is 11.7. The second-order valence-electron chi connectivity index (χ2n) is 4.56. The van der Waals surface area contributed by atoms with E-state index in [1.54, 1.807) is 16.8 Å². The number of nitrogens with zero attached hydrogens (tertiary/aromatic N) is 2. The minimum atomic E-state index is -0.706. The highest BCUT2D eigenvalue weighted by molar-refractivity contribution is 5.96. The first-order valence-electron chi connectivity index (χ1n) is 6.50. The molecule has 20 heavy (non-hydrogen) atoms. The Morgan fingerprint density at radius 3 is 2.95 bits per heavy atom. The van der Waals surface area contributed by atoms with Gasteiger partial charge in [0.15, 0.2) is 6.04 Å². The topological polar surface area (TPSA) is 86.8 Å². The molecular formula is C13H19N3O4. The van der Waals surface area contributed by atoms with Crippen LogP contribution in [0.4, 0.5) is 5.69 Å². The third-order valence-corrected chi connectivity index (χ3v) is 3.34. The predicted octanol–water partition coefficient (Wildman–Crippen LogP) is 0.104. The van der Waals surface area contributed by atoms with Crippen LogP contribution < -0.4 is 5.73 Å². The van der Waals surface area contributed by atoms with E-state index in [-0.39, 0.29) is 12.5 Å². The van der Waals surface area contributed by atoms with E-state index in [2.05, 4.69) is 0 Å². The molecule has 2 N–H and O–H groups in total. The Balaban J connectivity index is 2.27. The van der Waals surface area contributed by atoms with Gasteiger partial charge in [0.2, 0.25) is 0 Å². The Bertz CT molecular complexity index is 512. The number of hydrogen-bond donors (Lipinski definition) is 1. The van der Waals surface area contributed by atoms with Crippen molar-refractivity contribution < 1.29 is 19.1 Å². The summed E-state index contributed by atoms with van der Waals surface area (Å²) >= 11 is 0. The van der Waals surface area contributed by atoms with Gasteiger partial charge in [-0.3, -0.25) is 4.79 Å². The fraction of sp³-hybridized carbons (Fsp3) is 0.538. The molecule has 1 aliphatic heterocycles. The lowest BCUT2D eigenvalue weighted by Gasteiger charge is -2.33. The lowest BCUT2D eigenvalue weighted by Crippen LogP contribution is -2.53. The summed E-state index contributed by atoms with van der Waals surface area (Å²) in [7, 11) is 1.30. The van der Waals surface area contributed by atoms with Crippen molar-refractivity contribution in [1.82, 2.24) is 9.47 Å². The minimum Gasteiger partial charge on any atom is -0.467 e. The largest absolute Gasteiger partial charge is 0.467 e. The smallest absolute Gasteiger partial charge is 0.331 e. The molecule has 0 saturated carbocycles. The highest BCUT2D eigenvalue weighted by Crippen LogP contribution is 2.17. The summed E-state index contributed by atoms with van der Waals surface area (Å²) in [4.78, 5) is 25.8. The van der Waals surface area contributed by atoms with Crippen LogP contribution >= 0.6 is 0 Å². The average molecular weight is 281 g/mol. The number of aromatic nitrogens is 1. The van der Waals surface area contributed by atoms with Crippen LogP contribution in [0.2, 0.25) is 0 Å². The van der Waals surface area contributed by atoms with E-state index < -0.39 is 12.0 Å². The van der Waals surface area contributed by atoms with E-state index in [4.69, 9.17) is 15.2 Å². The third-order valence-electron chi connectivity index (χ3n) is 3.34. The number of ether oxygens (including phenoxy) is 2. The van der Waals surface area contributed by atoms with Crippen LogP contribution in [0.1, 0.15) is 17.4 Å². The number of morpholine rings is 1. The number of anilines is 1. The molecule has 1 fully saturated rings. The van der Waals surface area contributed by atoms with Crippen LogP contribution in [-0.4, -0.2) is 54.3 Å². The van der Waals surface area contributed by atoms with Crippen molar-refractivity contribution in [2.75, 3.05) is 32.6 Å². The standard InChI is InChI=1S/C13H19N3O4/c1-3-15-7-9(14)6-10(15)12(17)16-4-5-20-8-11(16)13(18)19-2/h6-7,11H,3-5,8,14H2,1-2H3. The maximum atomic E-state index is 12.6. The molecule has 1 amide bonds. The zero-order valence-corrected chi connectivity index (χ0v) is 11.7. The Labute approximate surface area is 117 Å². The molecule has 110 valence electrons. The highest BCUT2D eigenvalue weighted by Gasteiger charge is 2.35. The first kappa shape index (κ1) is 14.4. The molecular weight excluding hydrogens is 262 g/mol. The first-order chi connectivity index (χ1) is 9.58. The second-order valence-corrected chi connectivity index (χ2v) is 4.56. The monoisotopic (exact) mass is 281 g/mol. The molecule has 0 aliphatic carbocycles. The molecule has 2 rings (SSSR count). The Hall–Kier alpha value is -2.02. The number of nitrogens with two attached hydrogens (primary N) is 1. The molecule has 7 heteroatoms. The van der Waals surface area contributed by atoms with Gasteiger partial charge in [-0.2, -0.15) is 0 Å². The summed E-state index contributed by atoms with van der Waals surface area (Å²) in [6.07, 6.45) is 1.71. The van der Waals surface area contributed by atoms with E-state index in [0.717, 1.165) is 0 Å². The number of aryl methyl sites for hydroxylation is 1. The molecule has 0 aromatic carbocycles. The van der Waals surface area contributed by atoms with Gasteiger partial charge in [-0.05, 0) is 13.0 Å². The van der Waals surface area contributed by atoms with E-state index in [1.165, 1.54) is 12.0 Å². The van der Waals surface area contributed by atoms with Gasteiger partial charge in [-0.25, -0.2) is 4.79 Å². The molecule has 1 unspecified atom stereocenters. The minimum absolute atomic E-state index is 0.154.